The number of ether oxygens (including phenoxy) is 2. The van der Waals surface area contributed by atoms with Crippen LogP contribution in [0.2, 0.25) is 0 Å². The van der Waals surface area contributed by atoms with E-state index in [1.165, 1.54) is 83.5 Å². The molecule has 0 N–H and O–H groups in total. The van der Waals surface area contributed by atoms with Crippen LogP contribution in [-0.2, 0) is 14.3 Å². The van der Waals surface area contributed by atoms with Crippen molar-refractivity contribution in [1.29, 1.82) is 0 Å². The molecule has 3 heteroatoms. The quantitative estimate of drug-likeness (QED) is 0.168. The molecule has 1 heterocycles. The van der Waals surface area contributed by atoms with E-state index in [4.69, 9.17) is 9.47 Å². The number of hydrogen-bond donors (Lipinski definition) is 0. The first kappa shape index (κ1) is 22.5. The second-order valence-electron chi connectivity index (χ2n) is 8.12. The smallest absolute Gasteiger partial charge is 0.340 e. The molecule has 0 amide bonds. The normalized spacial score (nSPS) is 20.4. The van der Waals surface area contributed by atoms with Crippen LogP contribution in [0.1, 0.15) is 117 Å². The van der Waals surface area contributed by atoms with Gasteiger partial charge in [0, 0.05) is 0 Å². The van der Waals surface area contributed by atoms with Crippen LogP contribution in [0.15, 0.2) is 0 Å². The Morgan fingerprint density at radius 2 is 1.28 bits per heavy atom. The lowest BCUT2D eigenvalue weighted by atomic mass is 10.0. The molecule has 3 nitrogen and oxygen atoms in total. The van der Waals surface area contributed by atoms with Crippen molar-refractivity contribution >= 4 is 5.97 Å². The number of unbranched alkanes of at least 4 members (excludes halogenated alkanes) is 13. The first-order valence-corrected chi connectivity index (χ1v) is 10.9. The highest BCUT2D eigenvalue weighted by molar-refractivity contribution is 5.81. The van der Waals surface area contributed by atoms with Crippen molar-refractivity contribution in [2.24, 2.45) is 0 Å². The maximum Gasteiger partial charge on any atom is 0.340 e. The molecule has 0 saturated carbocycles. The van der Waals surface area contributed by atoms with Crippen molar-refractivity contribution < 1.29 is 14.3 Å². The van der Waals surface area contributed by atoms with E-state index in [1.807, 2.05) is 6.92 Å². The van der Waals surface area contributed by atoms with Gasteiger partial charge >= 0.3 is 5.97 Å². The molecule has 1 saturated heterocycles. The minimum atomic E-state index is -0.635. The van der Waals surface area contributed by atoms with Crippen LogP contribution in [0.3, 0.4) is 0 Å². The van der Waals surface area contributed by atoms with Gasteiger partial charge in [-0.1, -0.05) is 90.4 Å². The van der Waals surface area contributed by atoms with E-state index in [0.29, 0.717) is 6.61 Å². The first-order valence-electron chi connectivity index (χ1n) is 10.9. The van der Waals surface area contributed by atoms with Crippen LogP contribution in [-0.4, -0.2) is 24.3 Å². The van der Waals surface area contributed by atoms with Crippen LogP contribution in [0.5, 0.6) is 0 Å². The summed E-state index contributed by atoms with van der Waals surface area (Å²) in [7, 11) is 0. The highest BCUT2D eigenvalue weighted by atomic mass is 16.6. The Morgan fingerprint density at radius 1 is 0.880 bits per heavy atom. The molecule has 0 radical (unpaired) electrons. The molecule has 148 valence electrons. The molecule has 0 aliphatic carbocycles. The van der Waals surface area contributed by atoms with Gasteiger partial charge in [0.1, 0.15) is 0 Å². The van der Waals surface area contributed by atoms with Gasteiger partial charge in [0.25, 0.3) is 0 Å². The minimum absolute atomic E-state index is 0.0193. The van der Waals surface area contributed by atoms with Crippen LogP contribution < -0.4 is 0 Å². The molecule has 0 aromatic heterocycles. The molecule has 0 bridgehead atoms. The van der Waals surface area contributed by atoms with Gasteiger partial charge < -0.3 is 9.47 Å². The summed E-state index contributed by atoms with van der Waals surface area (Å²) in [5, 5.41) is 0. The average molecular weight is 355 g/mol. The van der Waals surface area contributed by atoms with Crippen molar-refractivity contribution in [2.75, 3.05) is 6.61 Å². The number of epoxide rings is 1. The highest BCUT2D eigenvalue weighted by Crippen LogP contribution is 2.28. The maximum absolute atomic E-state index is 11.7. The molecule has 1 aliphatic heterocycles. The Hall–Kier alpha value is -0.570. The van der Waals surface area contributed by atoms with Gasteiger partial charge in [-0.15, -0.1) is 0 Å². The zero-order valence-electron chi connectivity index (χ0n) is 17.1. The van der Waals surface area contributed by atoms with Crippen LogP contribution >= 0.6 is 0 Å². The van der Waals surface area contributed by atoms with E-state index >= 15 is 0 Å². The second-order valence-corrected chi connectivity index (χ2v) is 8.12. The summed E-state index contributed by atoms with van der Waals surface area (Å²) in [6, 6.07) is 0. The van der Waals surface area contributed by atoms with Gasteiger partial charge in [0.2, 0.25) is 0 Å². The Morgan fingerprint density at radius 3 is 1.68 bits per heavy atom. The van der Waals surface area contributed by atoms with Gasteiger partial charge in [-0.3, -0.25) is 0 Å². The van der Waals surface area contributed by atoms with E-state index in [1.54, 1.807) is 6.92 Å². The fourth-order valence-electron chi connectivity index (χ4n) is 3.22. The fourth-order valence-corrected chi connectivity index (χ4v) is 3.22. The number of hydrogen-bond acceptors (Lipinski definition) is 3. The van der Waals surface area contributed by atoms with Gasteiger partial charge in [-0.25, -0.2) is 4.79 Å². The third kappa shape index (κ3) is 11.6. The van der Waals surface area contributed by atoms with E-state index in [-0.39, 0.29) is 12.1 Å². The lowest BCUT2D eigenvalue weighted by Crippen LogP contribution is -2.27. The zero-order valence-corrected chi connectivity index (χ0v) is 17.1. The topological polar surface area (TPSA) is 38.8 Å². The largest absolute Gasteiger partial charge is 0.460 e. The highest BCUT2D eigenvalue weighted by Gasteiger charge is 2.49. The number of carbonyl (C=O) groups excluding carboxylic acids is 1. The lowest BCUT2D eigenvalue weighted by Gasteiger charge is -2.14. The number of rotatable bonds is 17. The van der Waals surface area contributed by atoms with Gasteiger partial charge in [-0.05, 0) is 26.7 Å². The summed E-state index contributed by atoms with van der Waals surface area (Å²) >= 11 is 0. The molecule has 1 aliphatic rings. The summed E-state index contributed by atoms with van der Waals surface area (Å²) < 4.78 is 10.5. The summed E-state index contributed by atoms with van der Waals surface area (Å²) in [5.74, 6) is -0.189. The second kappa shape index (κ2) is 13.6. The van der Waals surface area contributed by atoms with E-state index in [9.17, 15) is 4.79 Å². The lowest BCUT2D eigenvalue weighted by molar-refractivity contribution is -0.154. The van der Waals surface area contributed by atoms with Crippen LogP contribution in [0.4, 0.5) is 0 Å². The summed E-state index contributed by atoms with van der Waals surface area (Å²) in [5.41, 5.74) is -0.635. The number of carbonyl (C=O) groups is 1. The molecule has 1 rings (SSSR count). The zero-order chi connectivity index (χ0) is 18.4. The third-order valence-corrected chi connectivity index (χ3v) is 5.28. The Kier molecular flexibility index (Phi) is 12.2. The summed E-state index contributed by atoms with van der Waals surface area (Å²) in [6.45, 7) is 6.58. The van der Waals surface area contributed by atoms with Crippen molar-refractivity contribution in [2.45, 2.75) is 129 Å². The SMILES string of the molecule is CCCCCCCCCCCCCCCCC(C)OC(=O)C1(C)CO1. The molecule has 2 atom stereocenters. The molecule has 0 aromatic carbocycles. The fraction of sp³-hybridized carbons (Fsp3) is 0.955. The molecule has 25 heavy (non-hydrogen) atoms. The Labute approximate surface area is 156 Å². The molecular weight excluding hydrogens is 312 g/mol. The predicted octanol–water partition coefficient (Wildman–Crippen LogP) is 6.58. The van der Waals surface area contributed by atoms with Crippen molar-refractivity contribution in [3.05, 3.63) is 0 Å². The molecule has 1 fully saturated rings. The maximum atomic E-state index is 11.7. The molecular formula is C22H42O3. The van der Waals surface area contributed by atoms with Crippen molar-refractivity contribution in [1.82, 2.24) is 0 Å². The van der Waals surface area contributed by atoms with Gasteiger partial charge in [0.05, 0.1) is 12.7 Å². The molecule has 2 unspecified atom stereocenters. The van der Waals surface area contributed by atoms with E-state index in [2.05, 4.69) is 6.92 Å². The Balaban J connectivity index is 1.76. The third-order valence-electron chi connectivity index (χ3n) is 5.28. The number of esters is 1. The average Bonchev–Trinajstić information content (AvgIpc) is 3.34. The van der Waals surface area contributed by atoms with Crippen molar-refractivity contribution in [3.63, 3.8) is 0 Å². The van der Waals surface area contributed by atoms with E-state index < -0.39 is 5.60 Å². The van der Waals surface area contributed by atoms with Crippen LogP contribution in [0.25, 0.3) is 0 Å². The summed E-state index contributed by atoms with van der Waals surface area (Å²) in [6.07, 6.45) is 20.2. The predicted molar refractivity (Wildman–Crippen MR) is 105 cm³/mol. The van der Waals surface area contributed by atoms with E-state index in [0.717, 1.165) is 12.8 Å². The Bertz CT molecular complexity index is 336. The standard InChI is InChI=1S/C22H42O3/c1-4-5-6-7-8-9-10-11-12-13-14-15-16-17-18-20(2)25-21(23)22(3)19-24-22/h20H,4-19H2,1-3H3. The summed E-state index contributed by atoms with van der Waals surface area (Å²) in [4.78, 5) is 11.7. The molecule has 0 spiro atoms. The van der Waals surface area contributed by atoms with Gasteiger partial charge in [0.15, 0.2) is 5.60 Å². The van der Waals surface area contributed by atoms with Crippen LogP contribution in [0, 0.1) is 0 Å². The monoisotopic (exact) mass is 354 g/mol. The van der Waals surface area contributed by atoms with Crippen molar-refractivity contribution in [3.8, 4) is 0 Å². The first-order chi connectivity index (χ1) is 12.1. The minimum Gasteiger partial charge on any atom is -0.460 e. The van der Waals surface area contributed by atoms with Gasteiger partial charge in [-0.2, -0.15) is 0 Å². The molecule has 0 aromatic rings.